The van der Waals surface area contributed by atoms with Gasteiger partial charge in [-0.15, -0.1) is 5.10 Å². The summed E-state index contributed by atoms with van der Waals surface area (Å²) in [4.78, 5) is 32.9. The lowest BCUT2D eigenvalue weighted by molar-refractivity contribution is -0.0680. The lowest BCUT2D eigenvalue weighted by atomic mass is 9.86. The largest absolute Gasteiger partial charge is 0.373 e. The number of rotatable bonds is 4. The number of hydrogen-bond donors (Lipinski definition) is 1. The van der Waals surface area contributed by atoms with E-state index in [0.717, 1.165) is 19.7 Å². The molecule has 5 fully saturated rings. The maximum Gasteiger partial charge on any atom is 0.276 e. The molecule has 2 bridgehead atoms. The van der Waals surface area contributed by atoms with Gasteiger partial charge in [-0.2, -0.15) is 5.10 Å². The fraction of sp³-hybridized carbons (Fsp3) is 0.524. The molecule has 10 heteroatoms. The monoisotopic (exact) mass is 421 g/mol. The summed E-state index contributed by atoms with van der Waals surface area (Å²) >= 11 is 0. The van der Waals surface area contributed by atoms with Gasteiger partial charge < -0.3 is 9.64 Å². The van der Waals surface area contributed by atoms with Crippen LogP contribution in [0.25, 0.3) is 11.5 Å². The molecule has 5 atom stereocenters. The fourth-order valence-corrected chi connectivity index (χ4v) is 5.62. The molecule has 0 spiro atoms. The topological polar surface area (TPSA) is 104 Å². The number of ether oxygens (including phenoxy) is 1. The highest BCUT2D eigenvalue weighted by Gasteiger charge is 2.59. The summed E-state index contributed by atoms with van der Waals surface area (Å²) in [6, 6.07) is 5.04. The van der Waals surface area contributed by atoms with Crippen molar-refractivity contribution in [2.45, 2.75) is 44.0 Å². The van der Waals surface area contributed by atoms with Gasteiger partial charge in [0, 0.05) is 43.3 Å². The van der Waals surface area contributed by atoms with Gasteiger partial charge in [0.05, 0.1) is 30.2 Å². The first kappa shape index (κ1) is 17.7. The van der Waals surface area contributed by atoms with Crippen LogP contribution in [0.1, 0.15) is 28.9 Å². The number of carbonyl (C=O) groups is 1. The van der Waals surface area contributed by atoms with Crippen molar-refractivity contribution in [3.8, 4) is 5.95 Å². The normalized spacial score (nSPS) is 31.6. The molecule has 3 aromatic rings. The number of H-pyrrole nitrogens is 1. The Morgan fingerprint density at radius 1 is 1.26 bits per heavy atom. The van der Waals surface area contributed by atoms with Crippen molar-refractivity contribution in [1.82, 2.24) is 34.2 Å². The minimum Gasteiger partial charge on any atom is -0.373 e. The highest BCUT2D eigenvalue weighted by molar-refractivity contribution is 5.95. The predicted octanol–water partition coefficient (Wildman–Crippen LogP) is 0.203. The Morgan fingerprint density at radius 2 is 2.06 bits per heavy atom. The molecule has 3 aromatic heterocycles. The Morgan fingerprint density at radius 3 is 2.84 bits per heavy atom. The van der Waals surface area contributed by atoms with Gasteiger partial charge in [-0.3, -0.25) is 19.5 Å². The second-order valence-electron chi connectivity index (χ2n) is 9.21. The quantitative estimate of drug-likeness (QED) is 0.604. The van der Waals surface area contributed by atoms with Gasteiger partial charge in [-0.05, 0) is 31.9 Å². The van der Waals surface area contributed by atoms with E-state index in [2.05, 4.69) is 20.1 Å². The van der Waals surface area contributed by atoms with Gasteiger partial charge in [0.1, 0.15) is 5.52 Å². The van der Waals surface area contributed by atoms with E-state index in [1.807, 2.05) is 11.8 Å². The first-order chi connectivity index (χ1) is 15.1. The smallest absolute Gasteiger partial charge is 0.276 e. The second kappa shape index (κ2) is 6.04. The second-order valence-corrected chi connectivity index (χ2v) is 9.21. The van der Waals surface area contributed by atoms with Crippen LogP contribution in [-0.4, -0.2) is 84.0 Å². The van der Waals surface area contributed by atoms with Crippen LogP contribution in [0.15, 0.2) is 29.3 Å². The SMILES string of the molecule is Cc1c(C(=O)N2CC3CC(C2)N3C2CC2C2CO2)cnn1-c1nn2cccc2c(=O)[nH]1. The summed E-state index contributed by atoms with van der Waals surface area (Å²) < 4.78 is 8.51. The molecule has 0 aromatic carbocycles. The summed E-state index contributed by atoms with van der Waals surface area (Å²) in [7, 11) is 0. The number of piperazine rings is 1. The first-order valence-corrected chi connectivity index (χ1v) is 10.9. The third kappa shape index (κ3) is 2.58. The lowest BCUT2D eigenvalue weighted by Crippen LogP contribution is -2.70. The van der Waals surface area contributed by atoms with Crippen LogP contribution < -0.4 is 5.56 Å². The Balaban J connectivity index is 1.11. The van der Waals surface area contributed by atoms with Crippen LogP contribution in [0.4, 0.5) is 0 Å². The van der Waals surface area contributed by atoms with Gasteiger partial charge in [-0.25, -0.2) is 9.20 Å². The van der Waals surface area contributed by atoms with Crippen molar-refractivity contribution >= 4 is 11.4 Å². The number of aromatic amines is 1. The van der Waals surface area contributed by atoms with Gasteiger partial charge >= 0.3 is 0 Å². The Labute approximate surface area is 177 Å². The maximum absolute atomic E-state index is 13.3. The number of epoxide rings is 1. The van der Waals surface area contributed by atoms with Crippen LogP contribution >= 0.6 is 0 Å². The molecule has 8 rings (SSSR count). The molecule has 1 N–H and O–H groups in total. The number of nitrogens with zero attached hydrogens (tertiary/aromatic N) is 6. The van der Waals surface area contributed by atoms with Crippen molar-refractivity contribution in [3.63, 3.8) is 0 Å². The average Bonchev–Trinajstić information content (AvgIpc) is 3.65. The molecule has 4 saturated heterocycles. The molecule has 4 aliphatic heterocycles. The summed E-state index contributed by atoms with van der Waals surface area (Å²) in [6.07, 6.45) is 6.21. The van der Waals surface area contributed by atoms with Crippen LogP contribution in [0.2, 0.25) is 0 Å². The number of fused-ring (bicyclic) bond motifs is 3. The highest BCUT2D eigenvalue weighted by atomic mass is 16.6. The van der Waals surface area contributed by atoms with Crippen molar-refractivity contribution in [1.29, 1.82) is 0 Å². The van der Waals surface area contributed by atoms with Gasteiger partial charge in [0.2, 0.25) is 5.95 Å². The van der Waals surface area contributed by atoms with Crippen molar-refractivity contribution in [2.75, 3.05) is 19.7 Å². The van der Waals surface area contributed by atoms with E-state index in [9.17, 15) is 9.59 Å². The Hall–Kier alpha value is -2.98. The van der Waals surface area contributed by atoms with E-state index in [1.165, 1.54) is 22.0 Å². The van der Waals surface area contributed by atoms with Crippen LogP contribution in [0, 0.1) is 12.8 Å². The van der Waals surface area contributed by atoms with Crippen molar-refractivity contribution in [2.24, 2.45) is 5.92 Å². The molecule has 7 heterocycles. The Bertz CT molecular complexity index is 1260. The minimum atomic E-state index is -0.246. The molecule has 5 aliphatic rings. The number of aromatic nitrogens is 5. The fourth-order valence-electron chi connectivity index (χ4n) is 5.62. The van der Waals surface area contributed by atoms with Crippen molar-refractivity contribution in [3.05, 3.63) is 46.1 Å². The zero-order chi connectivity index (χ0) is 20.9. The molecular formula is C21H23N7O3. The molecule has 1 aliphatic carbocycles. The van der Waals surface area contributed by atoms with E-state index in [1.54, 1.807) is 24.5 Å². The number of amides is 1. The molecule has 5 unspecified atom stereocenters. The van der Waals surface area contributed by atoms with E-state index >= 15 is 0 Å². The molecule has 1 saturated carbocycles. The highest BCUT2D eigenvalue weighted by Crippen LogP contribution is 2.50. The number of piperidine rings is 1. The van der Waals surface area contributed by atoms with Gasteiger partial charge in [0.25, 0.3) is 11.5 Å². The number of carbonyl (C=O) groups excluding carboxylic acids is 1. The van der Waals surface area contributed by atoms with E-state index in [0.29, 0.717) is 52.9 Å². The van der Waals surface area contributed by atoms with Crippen LogP contribution in [0.5, 0.6) is 0 Å². The first-order valence-electron chi connectivity index (χ1n) is 10.9. The van der Waals surface area contributed by atoms with Gasteiger partial charge in [0.15, 0.2) is 0 Å². The summed E-state index contributed by atoms with van der Waals surface area (Å²) in [6.45, 7) is 4.29. The molecule has 1 amide bonds. The van der Waals surface area contributed by atoms with E-state index in [-0.39, 0.29) is 11.5 Å². The third-order valence-electron chi connectivity index (χ3n) is 7.39. The molecule has 0 radical (unpaired) electrons. The van der Waals surface area contributed by atoms with E-state index in [4.69, 9.17) is 4.74 Å². The predicted molar refractivity (Wildman–Crippen MR) is 109 cm³/mol. The van der Waals surface area contributed by atoms with Gasteiger partial charge in [-0.1, -0.05) is 0 Å². The zero-order valence-corrected chi connectivity index (χ0v) is 17.1. The molecule has 160 valence electrons. The number of hydrogen-bond acceptors (Lipinski definition) is 6. The van der Waals surface area contributed by atoms with E-state index < -0.39 is 0 Å². The molecule has 31 heavy (non-hydrogen) atoms. The van der Waals surface area contributed by atoms with Crippen molar-refractivity contribution < 1.29 is 9.53 Å². The van der Waals surface area contributed by atoms with Crippen LogP contribution in [0.3, 0.4) is 0 Å². The molecular weight excluding hydrogens is 398 g/mol. The lowest BCUT2D eigenvalue weighted by Gasteiger charge is -2.57. The maximum atomic E-state index is 13.3. The third-order valence-corrected chi connectivity index (χ3v) is 7.39. The summed E-state index contributed by atoms with van der Waals surface area (Å²) in [5, 5.41) is 8.77. The summed E-state index contributed by atoms with van der Waals surface area (Å²) in [5.41, 5.74) is 1.44. The minimum absolute atomic E-state index is 0.000336. The summed E-state index contributed by atoms with van der Waals surface area (Å²) in [5.74, 6) is 1.00. The Kier molecular flexibility index (Phi) is 3.45. The number of nitrogens with one attached hydrogen (secondary N) is 1. The zero-order valence-electron chi connectivity index (χ0n) is 17.1. The average molecular weight is 421 g/mol. The molecule has 10 nitrogen and oxygen atoms in total. The standard InChI is InChI=1S/C21H23N7O3/c1-11-15(7-22-28(11)21-23-19(29)16-3-2-4-26(16)24-21)20(30)25-8-12-5-13(9-25)27(12)17-6-14(17)18-10-31-18/h2-4,7,12-14,17-18H,5-6,8-10H2,1H3,(H,23,24,29). The van der Waals surface area contributed by atoms with Crippen LogP contribution in [-0.2, 0) is 4.74 Å².